The van der Waals surface area contributed by atoms with Crippen molar-refractivity contribution < 1.29 is 18.8 Å². The fourth-order valence-corrected chi connectivity index (χ4v) is 1.56. The Labute approximate surface area is 76.7 Å². The Morgan fingerprint density at radius 3 is 2.54 bits per heavy atom. The number of aliphatic carboxylic acids is 1. The Morgan fingerprint density at radius 1 is 1.54 bits per heavy atom. The van der Waals surface area contributed by atoms with Crippen LogP contribution >= 0.6 is 0 Å². The minimum absolute atomic E-state index is 0.342. The molecule has 0 aliphatic rings. The standard InChI is InChI=1S/C7H7NO4S/c9-7(10)5-13(12)6-1-3-8(11)4-2-6/h1-4H,5H2,(H,9,10). The van der Waals surface area contributed by atoms with E-state index in [1.807, 2.05) is 0 Å². The lowest BCUT2D eigenvalue weighted by Crippen LogP contribution is -2.24. The predicted octanol–water partition coefficient (Wildman–Crippen LogP) is -0.488. The van der Waals surface area contributed by atoms with Crippen LogP contribution in [0.1, 0.15) is 0 Å². The van der Waals surface area contributed by atoms with Gasteiger partial charge in [-0.1, -0.05) is 0 Å². The van der Waals surface area contributed by atoms with E-state index in [0.29, 0.717) is 9.63 Å². The van der Waals surface area contributed by atoms with Gasteiger partial charge >= 0.3 is 5.97 Å². The normalized spacial score (nSPS) is 12.3. The average molecular weight is 201 g/mol. The summed E-state index contributed by atoms with van der Waals surface area (Å²) in [5, 5.41) is 18.9. The van der Waals surface area contributed by atoms with Crippen molar-refractivity contribution in [3.8, 4) is 0 Å². The van der Waals surface area contributed by atoms with E-state index in [1.165, 1.54) is 24.5 Å². The van der Waals surface area contributed by atoms with Crippen molar-refractivity contribution in [1.29, 1.82) is 0 Å². The van der Waals surface area contributed by atoms with Crippen LogP contribution in [0.25, 0.3) is 0 Å². The van der Waals surface area contributed by atoms with Crippen LogP contribution in [0.3, 0.4) is 0 Å². The van der Waals surface area contributed by atoms with Crippen LogP contribution in [-0.4, -0.2) is 21.0 Å². The highest BCUT2D eigenvalue weighted by molar-refractivity contribution is 7.85. The maximum atomic E-state index is 11.2. The van der Waals surface area contributed by atoms with Crippen LogP contribution in [0.2, 0.25) is 0 Å². The zero-order valence-electron chi connectivity index (χ0n) is 6.54. The molecule has 1 rings (SSSR count). The molecule has 0 amide bonds. The maximum absolute atomic E-state index is 11.2. The van der Waals surface area contributed by atoms with E-state index in [4.69, 9.17) is 5.11 Å². The number of carboxylic acid groups (broad SMARTS) is 1. The first-order chi connectivity index (χ1) is 6.09. The molecule has 1 aromatic rings. The van der Waals surface area contributed by atoms with Crippen LogP contribution in [-0.2, 0) is 15.6 Å². The molecule has 1 heterocycles. The van der Waals surface area contributed by atoms with Gasteiger partial charge in [0, 0.05) is 12.1 Å². The molecule has 1 unspecified atom stereocenters. The number of carbonyl (C=O) groups is 1. The first-order valence-corrected chi connectivity index (χ1v) is 4.70. The predicted molar refractivity (Wildman–Crippen MR) is 44.3 cm³/mol. The molecule has 0 aliphatic carbocycles. The summed E-state index contributed by atoms with van der Waals surface area (Å²) < 4.78 is 11.7. The molecule has 13 heavy (non-hydrogen) atoms. The summed E-state index contributed by atoms with van der Waals surface area (Å²) in [5.74, 6) is -1.57. The second-order valence-corrected chi connectivity index (χ2v) is 3.73. The van der Waals surface area contributed by atoms with Gasteiger partial charge < -0.3 is 10.3 Å². The highest BCUT2D eigenvalue weighted by Crippen LogP contribution is 2.02. The fourth-order valence-electron chi connectivity index (χ4n) is 0.746. The summed E-state index contributed by atoms with van der Waals surface area (Å²) in [6.45, 7) is 0. The molecule has 0 aliphatic heterocycles. The van der Waals surface area contributed by atoms with Crippen molar-refractivity contribution in [2.75, 3.05) is 5.75 Å². The fraction of sp³-hybridized carbons (Fsp3) is 0.143. The van der Waals surface area contributed by atoms with E-state index < -0.39 is 22.5 Å². The summed E-state index contributed by atoms with van der Waals surface area (Å²) in [4.78, 5) is 10.5. The van der Waals surface area contributed by atoms with Gasteiger partial charge in [-0.15, -0.1) is 0 Å². The molecule has 0 bridgehead atoms. The lowest BCUT2D eigenvalue weighted by molar-refractivity contribution is -0.605. The lowest BCUT2D eigenvalue weighted by Gasteiger charge is -1.98. The number of carboxylic acids is 1. The van der Waals surface area contributed by atoms with Gasteiger partial charge in [-0.25, -0.2) is 0 Å². The van der Waals surface area contributed by atoms with Crippen molar-refractivity contribution in [1.82, 2.24) is 0 Å². The van der Waals surface area contributed by atoms with Crippen LogP contribution < -0.4 is 4.73 Å². The van der Waals surface area contributed by atoms with Gasteiger partial charge in [0.05, 0.1) is 15.7 Å². The molecule has 0 radical (unpaired) electrons. The van der Waals surface area contributed by atoms with Gasteiger partial charge in [-0.05, 0) is 0 Å². The molecule has 5 nitrogen and oxygen atoms in total. The molecular weight excluding hydrogens is 194 g/mol. The van der Waals surface area contributed by atoms with Crippen LogP contribution in [0.5, 0.6) is 0 Å². The second kappa shape index (κ2) is 3.99. The topological polar surface area (TPSA) is 81.3 Å². The quantitative estimate of drug-likeness (QED) is 0.528. The summed E-state index contributed by atoms with van der Waals surface area (Å²) in [6.07, 6.45) is 2.35. The zero-order chi connectivity index (χ0) is 9.84. The summed E-state index contributed by atoms with van der Waals surface area (Å²) >= 11 is 0. The Morgan fingerprint density at radius 2 is 2.08 bits per heavy atom. The van der Waals surface area contributed by atoms with Gasteiger partial charge in [0.2, 0.25) is 0 Å². The van der Waals surface area contributed by atoms with Crippen LogP contribution in [0, 0.1) is 5.21 Å². The third kappa shape index (κ3) is 2.83. The number of pyridine rings is 1. The monoisotopic (exact) mass is 201 g/mol. The Balaban J connectivity index is 2.78. The van der Waals surface area contributed by atoms with Crippen molar-refractivity contribution >= 4 is 16.8 Å². The lowest BCUT2D eigenvalue weighted by atomic mass is 10.5. The minimum Gasteiger partial charge on any atom is -0.619 e. The van der Waals surface area contributed by atoms with Gasteiger partial charge in [-0.3, -0.25) is 9.00 Å². The Hall–Kier alpha value is -1.43. The molecule has 6 heteroatoms. The third-order valence-corrected chi connectivity index (χ3v) is 2.60. The van der Waals surface area contributed by atoms with E-state index in [9.17, 15) is 14.2 Å². The first kappa shape index (κ1) is 9.66. The molecule has 0 spiro atoms. The molecule has 1 aromatic heterocycles. The van der Waals surface area contributed by atoms with E-state index >= 15 is 0 Å². The molecule has 0 aromatic carbocycles. The Bertz CT molecular complexity index is 335. The Kier molecular flexibility index (Phi) is 2.97. The highest BCUT2D eigenvalue weighted by atomic mass is 32.2. The van der Waals surface area contributed by atoms with E-state index in [1.54, 1.807) is 0 Å². The number of aromatic nitrogens is 1. The largest absolute Gasteiger partial charge is 0.619 e. The zero-order valence-corrected chi connectivity index (χ0v) is 7.36. The van der Waals surface area contributed by atoms with Gasteiger partial charge in [-0.2, -0.15) is 4.73 Å². The van der Waals surface area contributed by atoms with E-state index in [-0.39, 0.29) is 0 Å². The number of nitrogens with zero attached hydrogens (tertiary/aromatic N) is 1. The third-order valence-electron chi connectivity index (χ3n) is 1.29. The van der Waals surface area contributed by atoms with E-state index in [0.717, 1.165) is 0 Å². The molecule has 0 fully saturated rings. The van der Waals surface area contributed by atoms with Crippen molar-refractivity contribution in [2.24, 2.45) is 0 Å². The van der Waals surface area contributed by atoms with Crippen molar-refractivity contribution in [3.05, 3.63) is 29.7 Å². The van der Waals surface area contributed by atoms with Gasteiger partial charge in [0.1, 0.15) is 5.75 Å². The number of hydrogen-bond donors (Lipinski definition) is 1. The summed E-state index contributed by atoms with van der Waals surface area (Å²) in [7, 11) is -1.57. The second-order valence-electron chi connectivity index (χ2n) is 2.28. The van der Waals surface area contributed by atoms with Crippen molar-refractivity contribution in [2.45, 2.75) is 4.90 Å². The summed E-state index contributed by atoms with van der Waals surface area (Å²) in [6, 6.07) is 2.68. The molecule has 0 saturated carbocycles. The van der Waals surface area contributed by atoms with E-state index in [2.05, 4.69) is 0 Å². The average Bonchev–Trinajstić information content (AvgIpc) is 2.04. The molecule has 1 N–H and O–H groups in total. The molecular formula is C7H7NO4S. The highest BCUT2D eigenvalue weighted by Gasteiger charge is 2.08. The van der Waals surface area contributed by atoms with Crippen LogP contribution in [0.15, 0.2) is 29.4 Å². The minimum atomic E-state index is -1.57. The van der Waals surface area contributed by atoms with Gasteiger partial charge in [0.15, 0.2) is 12.4 Å². The van der Waals surface area contributed by atoms with Crippen molar-refractivity contribution in [3.63, 3.8) is 0 Å². The number of rotatable bonds is 3. The summed E-state index contributed by atoms with van der Waals surface area (Å²) in [5.41, 5.74) is 0. The number of hydrogen-bond acceptors (Lipinski definition) is 3. The molecule has 70 valence electrons. The SMILES string of the molecule is O=C(O)CS(=O)c1cc[n+]([O-])cc1. The van der Waals surface area contributed by atoms with Crippen LogP contribution in [0.4, 0.5) is 0 Å². The maximum Gasteiger partial charge on any atom is 0.316 e. The molecule has 0 saturated heterocycles. The van der Waals surface area contributed by atoms with Gasteiger partial charge in [0.25, 0.3) is 0 Å². The smallest absolute Gasteiger partial charge is 0.316 e. The first-order valence-electron chi connectivity index (χ1n) is 3.38. The molecule has 1 atom stereocenters.